The van der Waals surface area contributed by atoms with Crippen LogP contribution in [-0.2, 0) is 17.6 Å². The maximum atomic E-state index is 11.9. The van der Waals surface area contributed by atoms with Crippen LogP contribution in [0.5, 0.6) is 0 Å². The summed E-state index contributed by atoms with van der Waals surface area (Å²) >= 11 is 5.12. The molecule has 0 spiro atoms. The zero-order valence-electron chi connectivity index (χ0n) is 13.8. The van der Waals surface area contributed by atoms with E-state index < -0.39 is 0 Å². The van der Waals surface area contributed by atoms with Gasteiger partial charge in [-0.15, -0.1) is 11.3 Å². The van der Waals surface area contributed by atoms with Crippen molar-refractivity contribution in [1.29, 1.82) is 0 Å². The van der Waals surface area contributed by atoms with E-state index in [1.807, 2.05) is 37.3 Å². The van der Waals surface area contributed by atoms with Crippen LogP contribution in [0.15, 0.2) is 44.7 Å². The number of aromatic nitrogens is 2. The van der Waals surface area contributed by atoms with E-state index in [1.54, 1.807) is 11.3 Å². The van der Waals surface area contributed by atoms with E-state index in [9.17, 15) is 4.79 Å². The van der Waals surface area contributed by atoms with Crippen LogP contribution in [0.25, 0.3) is 11.4 Å². The van der Waals surface area contributed by atoms with Gasteiger partial charge >= 0.3 is 0 Å². The molecule has 0 fully saturated rings. The Balaban J connectivity index is 1.43. The van der Waals surface area contributed by atoms with Crippen LogP contribution in [0.1, 0.15) is 22.8 Å². The van der Waals surface area contributed by atoms with Gasteiger partial charge in [0.15, 0.2) is 0 Å². The molecule has 5 nitrogen and oxygen atoms in total. The van der Waals surface area contributed by atoms with E-state index >= 15 is 0 Å². The molecule has 0 atom stereocenters. The lowest BCUT2D eigenvalue weighted by Crippen LogP contribution is -2.25. The Bertz CT molecular complexity index is 842. The van der Waals surface area contributed by atoms with Crippen LogP contribution in [-0.4, -0.2) is 22.6 Å². The number of carbonyl (C=O) groups is 1. The summed E-state index contributed by atoms with van der Waals surface area (Å²) in [6.45, 7) is 2.66. The van der Waals surface area contributed by atoms with Gasteiger partial charge in [0.2, 0.25) is 17.6 Å². The third kappa shape index (κ3) is 5.24. The fourth-order valence-corrected chi connectivity index (χ4v) is 3.78. The highest BCUT2D eigenvalue weighted by atomic mass is 79.9. The zero-order chi connectivity index (χ0) is 17.6. The lowest BCUT2D eigenvalue weighted by molar-refractivity contribution is -0.121. The van der Waals surface area contributed by atoms with Gasteiger partial charge in [0.1, 0.15) is 0 Å². The first kappa shape index (κ1) is 17.8. The highest BCUT2D eigenvalue weighted by Crippen LogP contribution is 2.22. The molecule has 0 bridgehead atoms. The molecule has 7 heteroatoms. The van der Waals surface area contributed by atoms with Gasteiger partial charge in [-0.1, -0.05) is 35.0 Å². The number of hydrogen-bond acceptors (Lipinski definition) is 5. The molecule has 0 aliphatic heterocycles. The monoisotopic (exact) mass is 419 g/mol. The van der Waals surface area contributed by atoms with Crippen molar-refractivity contribution in [2.75, 3.05) is 6.54 Å². The molecule has 0 saturated carbocycles. The molecule has 0 aliphatic carbocycles. The molecular formula is C18H18BrN3O2S. The van der Waals surface area contributed by atoms with E-state index in [0.717, 1.165) is 15.8 Å². The lowest BCUT2D eigenvalue weighted by Gasteiger charge is -2.02. The molecule has 0 unspecified atom stereocenters. The molecule has 25 heavy (non-hydrogen) atoms. The molecule has 0 aliphatic rings. The highest BCUT2D eigenvalue weighted by Gasteiger charge is 2.10. The van der Waals surface area contributed by atoms with Gasteiger partial charge in [0.05, 0.1) is 3.79 Å². The van der Waals surface area contributed by atoms with Crippen LogP contribution in [0.3, 0.4) is 0 Å². The van der Waals surface area contributed by atoms with Crippen molar-refractivity contribution < 1.29 is 9.32 Å². The van der Waals surface area contributed by atoms with E-state index in [0.29, 0.717) is 31.1 Å². The van der Waals surface area contributed by atoms with Crippen molar-refractivity contribution in [3.63, 3.8) is 0 Å². The van der Waals surface area contributed by atoms with Crippen LogP contribution in [0, 0.1) is 6.92 Å². The molecule has 1 N–H and O–H groups in total. The van der Waals surface area contributed by atoms with Crippen molar-refractivity contribution in [2.24, 2.45) is 0 Å². The number of thiophene rings is 1. The number of nitrogens with one attached hydrogen (secondary N) is 1. The van der Waals surface area contributed by atoms with E-state index in [4.69, 9.17) is 4.52 Å². The SMILES string of the molecule is Cc1ccc(-c2noc(CCC(=O)NCCc3ccc(Br)s3)n2)cc1. The summed E-state index contributed by atoms with van der Waals surface area (Å²) in [7, 11) is 0. The second-order valence-electron chi connectivity index (χ2n) is 5.68. The topological polar surface area (TPSA) is 68.0 Å². The predicted molar refractivity (Wildman–Crippen MR) is 102 cm³/mol. The fraction of sp³-hybridized carbons (Fsp3) is 0.278. The minimum absolute atomic E-state index is 0.00860. The average molecular weight is 420 g/mol. The van der Waals surface area contributed by atoms with Crippen LogP contribution in [0.4, 0.5) is 0 Å². The van der Waals surface area contributed by atoms with Crippen LogP contribution < -0.4 is 5.32 Å². The van der Waals surface area contributed by atoms with E-state index in [1.165, 1.54) is 10.4 Å². The Morgan fingerprint density at radius 1 is 1.20 bits per heavy atom. The number of hydrogen-bond donors (Lipinski definition) is 1. The first-order valence-corrected chi connectivity index (χ1v) is 9.61. The number of halogens is 1. The first-order valence-electron chi connectivity index (χ1n) is 8.01. The van der Waals surface area contributed by atoms with Gasteiger partial charge in [-0.2, -0.15) is 4.98 Å². The summed E-state index contributed by atoms with van der Waals surface area (Å²) in [6.07, 6.45) is 1.61. The molecule has 3 aromatic rings. The third-order valence-electron chi connectivity index (χ3n) is 3.67. The number of benzene rings is 1. The molecule has 1 amide bonds. The number of amides is 1. The number of nitrogens with zero attached hydrogens (tertiary/aromatic N) is 2. The normalized spacial score (nSPS) is 10.8. The molecule has 2 aromatic heterocycles. The quantitative estimate of drug-likeness (QED) is 0.623. The van der Waals surface area contributed by atoms with E-state index in [2.05, 4.69) is 37.5 Å². The van der Waals surface area contributed by atoms with Crippen molar-refractivity contribution in [3.05, 3.63) is 56.5 Å². The van der Waals surface area contributed by atoms with E-state index in [-0.39, 0.29) is 5.91 Å². The maximum Gasteiger partial charge on any atom is 0.227 e. The standard InChI is InChI=1S/C18H18BrN3O2S/c1-12-2-4-13(5-3-12)18-21-17(24-22-18)9-8-16(23)20-11-10-14-6-7-15(19)25-14/h2-7H,8-11H2,1H3,(H,20,23). The lowest BCUT2D eigenvalue weighted by atomic mass is 10.1. The zero-order valence-corrected chi connectivity index (χ0v) is 16.2. The molecule has 0 saturated heterocycles. The Kier molecular flexibility index (Phi) is 5.99. The minimum atomic E-state index is -0.00860. The summed E-state index contributed by atoms with van der Waals surface area (Å²) in [5.41, 5.74) is 2.09. The summed E-state index contributed by atoms with van der Waals surface area (Å²) in [6, 6.07) is 12.0. The fourth-order valence-electron chi connectivity index (χ4n) is 2.30. The van der Waals surface area contributed by atoms with Gasteiger partial charge < -0.3 is 9.84 Å². The average Bonchev–Trinajstić information content (AvgIpc) is 3.23. The number of carbonyl (C=O) groups excluding carboxylic acids is 1. The van der Waals surface area contributed by atoms with Gasteiger partial charge in [-0.05, 0) is 41.4 Å². The van der Waals surface area contributed by atoms with Crippen LogP contribution >= 0.6 is 27.3 Å². The Morgan fingerprint density at radius 2 is 2.00 bits per heavy atom. The molecule has 2 heterocycles. The molecule has 1 aromatic carbocycles. The minimum Gasteiger partial charge on any atom is -0.356 e. The molecule has 130 valence electrons. The first-order chi connectivity index (χ1) is 12.1. The molecule has 0 radical (unpaired) electrons. The summed E-state index contributed by atoms with van der Waals surface area (Å²) in [5, 5.41) is 6.90. The summed E-state index contributed by atoms with van der Waals surface area (Å²) in [5.74, 6) is 1.03. The van der Waals surface area contributed by atoms with Gasteiger partial charge in [0.25, 0.3) is 0 Å². The second-order valence-corrected chi connectivity index (χ2v) is 8.23. The van der Waals surface area contributed by atoms with Crippen molar-refractivity contribution in [2.45, 2.75) is 26.2 Å². The highest BCUT2D eigenvalue weighted by molar-refractivity contribution is 9.11. The number of rotatable bonds is 7. The summed E-state index contributed by atoms with van der Waals surface area (Å²) in [4.78, 5) is 17.5. The Hall–Kier alpha value is -1.99. The van der Waals surface area contributed by atoms with Gasteiger partial charge in [-0.25, -0.2) is 0 Å². The largest absolute Gasteiger partial charge is 0.356 e. The molecular weight excluding hydrogens is 402 g/mol. The predicted octanol–water partition coefficient (Wildman–Crippen LogP) is 4.16. The maximum absolute atomic E-state index is 11.9. The van der Waals surface area contributed by atoms with Crippen LogP contribution in [0.2, 0.25) is 0 Å². The Labute approximate surface area is 158 Å². The Morgan fingerprint density at radius 3 is 2.72 bits per heavy atom. The smallest absolute Gasteiger partial charge is 0.227 e. The van der Waals surface area contributed by atoms with Gasteiger partial charge in [0, 0.05) is 29.8 Å². The van der Waals surface area contributed by atoms with Crippen molar-refractivity contribution in [3.8, 4) is 11.4 Å². The summed E-state index contributed by atoms with van der Waals surface area (Å²) < 4.78 is 6.34. The van der Waals surface area contributed by atoms with Gasteiger partial charge in [-0.3, -0.25) is 4.79 Å². The molecule has 3 rings (SSSR count). The third-order valence-corrected chi connectivity index (χ3v) is 5.35. The van der Waals surface area contributed by atoms with Crippen molar-refractivity contribution in [1.82, 2.24) is 15.5 Å². The second kappa shape index (κ2) is 8.40. The number of aryl methyl sites for hydroxylation is 2. The van der Waals surface area contributed by atoms with Crippen molar-refractivity contribution >= 4 is 33.2 Å².